The van der Waals surface area contributed by atoms with Crippen LogP contribution in [0.2, 0.25) is 0 Å². The second-order valence-corrected chi connectivity index (χ2v) is 9.25. The van der Waals surface area contributed by atoms with Gasteiger partial charge in [-0.1, -0.05) is 19.1 Å². The number of carbonyl (C=O) groups excluding carboxylic acids is 2. The molecule has 2 aromatic rings. The van der Waals surface area contributed by atoms with Crippen LogP contribution in [0, 0.1) is 5.82 Å². The molecular weight excluding hydrogens is 423 g/mol. The fourth-order valence-electron chi connectivity index (χ4n) is 3.36. The second-order valence-electron chi connectivity index (χ2n) is 7.31. The van der Waals surface area contributed by atoms with Crippen LogP contribution in [0.3, 0.4) is 0 Å². The molecule has 31 heavy (non-hydrogen) atoms. The first-order valence-electron chi connectivity index (χ1n) is 10.1. The Morgan fingerprint density at radius 3 is 2.19 bits per heavy atom. The van der Waals surface area contributed by atoms with Gasteiger partial charge in [0.15, 0.2) is 0 Å². The molecule has 0 unspecified atom stereocenters. The Bertz CT molecular complexity index is 1050. The highest BCUT2D eigenvalue weighted by Crippen LogP contribution is 2.49. The number of amides is 1. The Kier molecular flexibility index (Phi) is 6.76. The minimum atomic E-state index is -3.93. The van der Waals surface area contributed by atoms with Gasteiger partial charge in [0.25, 0.3) is 0 Å². The Balaban J connectivity index is 1.66. The molecule has 1 saturated carbocycles. The summed E-state index contributed by atoms with van der Waals surface area (Å²) in [5.74, 6) is -1.29. The quantitative estimate of drug-likeness (QED) is 0.595. The van der Waals surface area contributed by atoms with E-state index in [0.29, 0.717) is 12.3 Å². The first-order chi connectivity index (χ1) is 14.7. The van der Waals surface area contributed by atoms with E-state index in [2.05, 4.69) is 5.32 Å². The van der Waals surface area contributed by atoms with Crippen molar-refractivity contribution in [2.24, 2.45) is 0 Å². The van der Waals surface area contributed by atoms with E-state index in [-0.39, 0.29) is 24.0 Å². The van der Waals surface area contributed by atoms with E-state index in [4.69, 9.17) is 4.74 Å². The van der Waals surface area contributed by atoms with Crippen LogP contribution in [0.1, 0.15) is 32.3 Å². The molecule has 2 aromatic carbocycles. The average molecular weight is 449 g/mol. The van der Waals surface area contributed by atoms with Crippen molar-refractivity contribution in [3.05, 3.63) is 59.9 Å². The summed E-state index contributed by atoms with van der Waals surface area (Å²) >= 11 is 0. The summed E-state index contributed by atoms with van der Waals surface area (Å²) < 4.78 is 44.7. The highest BCUT2D eigenvalue weighted by molar-refractivity contribution is 7.89. The Labute approximate surface area is 181 Å². The van der Waals surface area contributed by atoms with Gasteiger partial charge in [-0.25, -0.2) is 12.8 Å². The molecule has 1 amide bonds. The molecule has 1 aliphatic carbocycles. The van der Waals surface area contributed by atoms with Crippen molar-refractivity contribution in [1.82, 2.24) is 4.31 Å². The van der Waals surface area contributed by atoms with Gasteiger partial charge >= 0.3 is 5.97 Å². The van der Waals surface area contributed by atoms with Gasteiger partial charge in [0.05, 0.1) is 23.5 Å². The molecule has 0 bridgehead atoms. The summed E-state index contributed by atoms with van der Waals surface area (Å²) in [5.41, 5.74) is 0.725. The maximum absolute atomic E-state index is 13.1. The molecule has 1 fully saturated rings. The molecule has 9 heteroatoms. The number of halogens is 1. The summed E-state index contributed by atoms with van der Waals surface area (Å²) in [7, 11) is -3.93. The van der Waals surface area contributed by atoms with E-state index in [0.717, 1.165) is 34.8 Å². The predicted molar refractivity (Wildman–Crippen MR) is 113 cm³/mol. The lowest BCUT2D eigenvalue weighted by Crippen LogP contribution is -2.37. The van der Waals surface area contributed by atoms with E-state index >= 15 is 0 Å². The molecule has 0 radical (unpaired) electrons. The molecule has 166 valence electrons. The number of hydrogen-bond acceptors (Lipinski definition) is 5. The average Bonchev–Trinajstić information content (AvgIpc) is 3.55. The zero-order valence-corrected chi connectivity index (χ0v) is 18.2. The maximum Gasteiger partial charge on any atom is 0.316 e. The van der Waals surface area contributed by atoms with Gasteiger partial charge in [-0.05, 0) is 61.7 Å². The number of esters is 1. The van der Waals surface area contributed by atoms with Crippen molar-refractivity contribution in [1.29, 1.82) is 0 Å². The van der Waals surface area contributed by atoms with Gasteiger partial charge in [0.2, 0.25) is 15.9 Å². The first kappa shape index (κ1) is 22.9. The fraction of sp³-hybridized carbons (Fsp3) is 0.364. The molecule has 1 N–H and O–H groups in total. The van der Waals surface area contributed by atoms with Crippen molar-refractivity contribution in [3.8, 4) is 0 Å². The number of anilines is 1. The minimum Gasteiger partial charge on any atom is -0.465 e. The standard InChI is InChI=1S/C22H25FN2O5S/c1-3-25(31(28,29)19-11-7-17(23)8-12-19)15-20(26)24-18-9-5-16(6-10-18)22(13-14-22)21(27)30-4-2/h5-12H,3-4,13-15H2,1-2H3,(H,24,26). The zero-order valence-electron chi connectivity index (χ0n) is 17.4. The number of carbonyl (C=O) groups is 2. The second kappa shape index (κ2) is 9.15. The number of nitrogens with one attached hydrogen (secondary N) is 1. The van der Waals surface area contributed by atoms with E-state index in [1.165, 1.54) is 12.1 Å². The number of hydrogen-bond donors (Lipinski definition) is 1. The third kappa shape index (κ3) is 4.94. The van der Waals surface area contributed by atoms with E-state index in [1.54, 1.807) is 38.1 Å². The molecule has 0 spiro atoms. The SMILES string of the molecule is CCOC(=O)C1(c2ccc(NC(=O)CN(CC)S(=O)(=O)c3ccc(F)cc3)cc2)CC1. The van der Waals surface area contributed by atoms with Crippen LogP contribution in [0.25, 0.3) is 0 Å². The van der Waals surface area contributed by atoms with Crippen molar-refractivity contribution >= 4 is 27.6 Å². The lowest BCUT2D eigenvalue weighted by Gasteiger charge is -2.20. The van der Waals surface area contributed by atoms with Gasteiger partial charge in [-0.3, -0.25) is 9.59 Å². The van der Waals surface area contributed by atoms with Gasteiger partial charge in [-0.15, -0.1) is 0 Å². The molecule has 3 rings (SSSR count). The Hall–Kier alpha value is -2.78. The largest absolute Gasteiger partial charge is 0.465 e. The third-order valence-electron chi connectivity index (χ3n) is 5.26. The normalized spacial score (nSPS) is 14.8. The van der Waals surface area contributed by atoms with Crippen LogP contribution in [0.5, 0.6) is 0 Å². The summed E-state index contributed by atoms with van der Waals surface area (Å²) in [4.78, 5) is 24.6. The smallest absolute Gasteiger partial charge is 0.316 e. The molecule has 0 aliphatic heterocycles. The van der Waals surface area contributed by atoms with E-state index in [9.17, 15) is 22.4 Å². The molecule has 0 atom stereocenters. The van der Waals surface area contributed by atoms with Crippen molar-refractivity contribution < 1.29 is 27.1 Å². The molecular formula is C22H25FN2O5S. The minimum absolute atomic E-state index is 0.0775. The summed E-state index contributed by atoms with van der Waals surface area (Å²) in [6.07, 6.45) is 1.45. The first-order valence-corrected chi connectivity index (χ1v) is 11.5. The lowest BCUT2D eigenvalue weighted by atomic mass is 9.96. The molecule has 0 saturated heterocycles. The fourth-order valence-corrected chi connectivity index (χ4v) is 4.77. The van der Waals surface area contributed by atoms with E-state index < -0.39 is 27.2 Å². The number of likely N-dealkylation sites (N-methyl/N-ethyl adjacent to an activating group) is 1. The lowest BCUT2D eigenvalue weighted by molar-refractivity contribution is -0.146. The summed E-state index contributed by atoms with van der Waals surface area (Å²) in [6.45, 7) is 3.40. The zero-order chi connectivity index (χ0) is 22.6. The van der Waals surface area contributed by atoms with E-state index in [1.807, 2.05) is 0 Å². The number of sulfonamides is 1. The van der Waals surface area contributed by atoms with Crippen molar-refractivity contribution in [3.63, 3.8) is 0 Å². The number of rotatable bonds is 9. The molecule has 1 aliphatic rings. The highest BCUT2D eigenvalue weighted by atomic mass is 32.2. The predicted octanol–water partition coefficient (Wildman–Crippen LogP) is 3.07. The van der Waals surface area contributed by atoms with Crippen molar-refractivity contribution in [2.45, 2.75) is 37.0 Å². The van der Waals surface area contributed by atoms with Gasteiger partial charge in [0, 0.05) is 12.2 Å². The molecule has 0 aromatic heterocycles. The molecule has 7 nitrogen and oxygen atoms in total. The summed E-state index contributed by atoms with van der Waals surface area (Å²) in [6, 6.07) is 11.4. The highest BCUT2D eigenvalue weighted by Gasteiger charge is 2.52. The number of ether oxygens (including phenoxy) is 1. The van der Waals surface area contributed by atoms with Crippen molar-refractivity contribution in [2.75, 3.05) is 25.0 Å². The van der Waals surface area contributed by atoms with Crippen LogP contribution in [-0.2, 0) is 29.8 Å². The number of nitrogens with zero attached hydrogens (tertiary/aromatic N) is 1. The van der Waals surface area contributed by atoms with Crippen LogP contribution in [-0.4, -0.2) is 44.3 Å². The van der Waals surface area contributed by atoms with Crippen LogP contribution in [0.4, 0.5) is 10.1 Å². The van der Waals surface area contributed by atoms with Gasteiger partial charge in [0.1, 0.15) is 5.82 Å². The van der Waals surface area contributed by atoms with Gasteiger partial charge < -0.3 is 10.1 Å². The monoisotopic (exact) mass is 448 g/mol. The Morgan fingerprint density at radius 2 is 1.68 bits per heavy atom. The Morgan fingerprint density at radius 1 is 1.06 bits per heavy atom. The van der Waals surface area contributed by atoms with Crippen LogP contribution in [0.15, 0.2) is 53.4 Å². The third-order valence-corrected chi connectivity index (χ3v) is 7.20. The van der Waals surface area contributed by atoms with Gasteiger partial charge in [-0.2, -0.15) is 4.31 Å². The topological polar surface area (TPSA) is 92.8 Å². The van der Waals surface area contributed by atoms with Crippen LogP contribution >= 0.6 is 0 Å². The number of benzene rings is 2. The maximum atomic E-state index is 13.1. The van der Waals surface area contributed by atoms with Crippen LogP contribution < -0.4 is 5.32 Å². The molecule has 0 heterocycles. The summed E-state index contributed by atoms with van der Waals surface area (Å²) in [5, 5.41) is 2.67.